The van der Waals surface area contributed by atoms with Crippen LogP contribution in [0.2, 0.25) is 0 Å². The van der Waals surface area contributed by atoms with Crippen LogP contribution in [0.25, 0.3) is 11.3 Å². The van der Waals surface area contributed by atoms with Crippen molar-refractivity contribution in [3.05, 3.63) is 53.2 Å². The summed E-state index contributed by atoms with van der Waals surface area (Å²) in [5, 5.41) is 0. The summed E-state index contributed by atoms with van der Waals surface area (Å²) < 4.78 is 38.3. The van der Waals surface area contributed by atoms with Crippen LogP contribution in [0.4, 0.5) is 13.2 Å². The number of hydrogen-bond donors (Lipinski definition) is 1. The second-order valence-corrected chi connectivity index (χ2v) is 5.52. The molecule has 0 spiro atoms. The number of nitrogens with two attached hydrogens (primary N) is 1. The zero-order valence-corrected chi connectivity index (χ0v) is 11.5. The largest absolute Gasteiger partial charge is 0.416 e. The van der Waals surface area contributed by atoms with Gasteiger partial charge in [-0.15, -0.1) is 0 Å². The molecule has 3 rings (SSSR count). The molecule has 1 aliphatic rings. The van der Waals surface area contributed by atoms with E-state index in [1.165, 1.54) is 6.07 Å². The first-order valence-electron chi connectivity index (χ1n) is 6.76. The summed E-state index contributed by atoms with van der Waals surface area (Å²) in [7, 11) is 0. The zero-order valence-electron chi connectivity index (χ0n) is 11.5. The minimum Gasteiger partial charge on any atom is -0.327 e. The van der Waals surface area contributed by atoms with Gasteiger partial charge in [0.1, 0.15) is 0 Å². The van der Waals surface area contributed by atoms with Crippen molar-refractivity contribution in [1.82, 2.24) is 4.98 Å². The van der Waals surface area contributed by atoms with Crippen molar-refractivity contribution in [1.29, 1.82) is 0 Å². The van der Waals surface area contributed by atoms with Crippen molar-refractivity contribution >= 4 is 0 Å². The average Bonchev–Trinajstić information content (AvgIpc) is 3.15. The van der Waals surface area contributed by atoms with Crippen molar-refractivity contribution in [2.45, 2.75) is 31.5 Å². The molecule has 0 aliphatic heterocycles. The van der Waals surface area contributed by atoms with Crippen molar-refractivity contribution in [3.63, 3.8) is 0 Å². The minimum atomic E-state index is -4.34. The summed E-state index contributed by atoms with van der Waals surface area (Å²) in [5.74, 6) is 0.340. The SMILES string of the molecule is Cc1cc(C2CC2N)cnc1-c1cccc(C(F)(F)F)c1. The number of nitrogens with zero attached hydrogens (tertiary/aromatic N) is 1. The van der Waals surface area contributed by atoms with Gasteiger partial charge in [0.05, 0.1) is 11.3 Å². The standard InChI is InChI=1S/C16H15F3N2/c1-9-5-11(13-7-14(13)20)8-21-15(9)10-3-2-4-12(6-10)16(17,18)19/h2-6,8,13-14H,7,20H2,1H3. The number of aromatic nitrogens is 1. The fraction of sp³-hybridized carbons (Fsp3) is 0.312. The van der Waals surface area contributed by atoms with Crippen LogP contribution in [0.5, 0.6) is 0 Å². The molecule has 2 unspecified atom stereocenters. The summed E-state index contributed by atoms with van der Waals surface area (Å²) in [6.45, 7) is 1.86. The summed E-state index contributed by atoms with van der Waals surface area (Å²) >= 11 is 0. The third-order valence-corrected chi connectivity index (χ3v) is 3.83. The van der Waals surface area contributed by atoms with Crippen LogP contribution in [-0.2, 0) is 6.18 Å². The van der Waals surface area contributed by atoms with E-state index in [0.29, 0.717) is 17.2 Å². The topological polar surface area (TPSA) is 38.9 Å². The Labute approximate surface area is 120 Å². The highest BCUT2D eigenvalue weighted by atomic mass is 19.4. The number of benzene rings is 1. The van der Waals surface area contributed by atoms with Crippen LogP contribution in [0.3, 0.4) is 0 Å². The highest BCUT2D eigenvalue weighted by Crippen LogP contribution is 2.40. The molecule has 2 nitrogen and oxygen atoms in total. The van der Waals surface area contributed by atoms with Gasteiger partial charge in [0.25, 0.3) is 0 Å². The lowest BCUT2D eigenvalue weighted by Gasteiger charge is -2.11. The van der Waals surface area contributed by atoms with Gasteiger partial charge in [-0.3, -0.25) is 4.98 Å². The van der Waals surface area contributed by atoms with Crippen LogP contribution in [0, 0.1) is 6.92 Å². The predicted octanol–water partition coefficient (Wildman–Crippen LogP) is 3.89. The molecular formula is C16H15F3N2. The summed E-state index contributed by atoms with van der Waals surface area (Å²) in [6.07, 6.45) is -1.67. The van der Waals surface area contributed by atoms with Crippen molar-refractivity contribution in [2.24, 2.45) is 5.73 Å². The van der Waals surface area contributed by atoms with Gasteiger partial charge in [0.15, 0.2) is 0 Å². The summed E-state index contributed by atoms with van der Waals surface area (Å²) in [6, 6.07) is 7.41. The van der Waals surface area contributed by atoms with E-state index in [1.807, 2.05) is 13.0 Å². The van der Waals surface area contributed by atoms with E-state index in [-0.39, 0.29) is 6.04 Å². The van der Waals surface area contributed by atoms with E-state index in [0.717, 1.165) is 29.7 Å². The predicted molar refractivity (Wildman–Crippen MR) is 74.7 cm³/mol. The molecule has 0 saturated heterocycles. The quantitative estimate of drug-likeness (QED) is 0.912. The molecular weight excluding hydrogens is 277 g/mol. The molecule has 5 heteroatoms. The first kappa shape index (κ1) is 14.1. The van der Waals surface area contributed by atoms with Gasteiger partial charge in [0, 0.05) is 23.7 Å². The molecule has 2 N–H and O–H groups in total. The van der Waals surface area contributed by atoms with Crippen LogP contribution < -0.4 is 5.73 Å². The van der Waals surface area contributed by atoms with Crippen LogP contribution >= 0.6 is 0 Å². The fourth-order valence-electron chi connectivity index (χ4n) is 2.54. The number of aryl methyl sites for hydroxylation is 1. The molecule has 2 aromatic rings. The third-order valence-electron chi connectivity index (χ3n) is 3.83. The molecule has 1 fully saturated rings. The first-order chi connectivity index (χ1) is 9.86. The molecule has 110 valence electrons. The molecule has 21 heavy (non-hydrogen) atoms. The van der Waals surface area contributed by atoms with E-state index in [9.17, 15) is 13.2 Å². The normalized spacial score (nSPS) is 21.4. The smallest absolute Gasteiger partial charge is 0.327 e. The van der Waals surface area contributed by atoms with Gasteiger partial charge in [-0.2, -0.15) is 13.2 Å². The van der Waals surface area contributed by atoms with Gasteiger partial charge in [-0.25, -0.2) is 0 Å². The second kappa shape index (κ2) is 4.84. The minimum absolute atomic E-state index is 0.186. The molecule has 1 aromatic heterocycles. The van der Waals surface area contributed by atoms with Crippen molar-refractivity contribution in [2.75, 3.05) is 0 Å². The Hall–Kier alpha value is -1.88. The molecule has 1 heterocycles. The molecule has 1 aliphatic carbocycles. The second-order valence-electron chi connectivity index (χ2n) is 5.52. The van der Waals surface area contributed by atoms with Gasteiger partial charge >= 0.3 is 6.18 Å². The van der Waals surface area contributed by atoms with E-state index in [2.05, 4.69) is 4.98 Å². The van der Waals surface area contributed by atoms with E-state index < -0.39 is 11.7 Å². The maximum Gasteiger partial charge on any atom is 0.416 e. The van der Waals surface area contributed by atoms with Gasteiger partial charge in [-0.1, -0.05) is 18.2 Å². The average molecular weight is 292 g/mol. The molecule has 1 aromatic carbocycles. The lowest BCUT2D eigenvalue weighted by molar-refractivity contribution is -0.137. The van der Waals surface area contributed by atoms with Gasteiger partial charge in [0.2, 0.25) is 0 Å². The molecule has 1 saturated carbocycles. The lowest BCUT2D eigenvalue weighted by atomic mass is 10.0. The molecule has 0 amide bonds. The maximum atomic E-state index is 12.8. The molecule has 0 radical (unpaired) electrons. The first-order valence-corrected chi connectivity index (χ1v) is 6.76. The maximum absolute atomic E-state index is 12.8. The number of pyridine rings is 1. The Balaban J connectivity index is 1.97. The van der Waals surface area contributed by atoms with Crippen LogP contribution in [-0.4, -0.2) is 11.0 Å². The van der Waals surface area contributed by atoms with Gasteiger partial charge < -0.3 is 5.73 Å². The number of rotatable bonds is 2. The number of hydrogen-bond acceptors (Lipinski definition) is 2. The molecule has 2 atom stereocenters. The Morgan fingerprint density at radius 2 is 1.95 bits per heavy atom. The van der Waals surface area contributed by atoms with E-state index >= 15 is 0 Å². The van der Waals surface area contributed by atoms with Crippen molar-refractivity contribution in [3.8, 4) is 11.3 Å². The van der Waals surface area contributed by atoms with Crippen molar-refractivity contribution < 1.29 is 13.2 Å². The van der Waals surface area contributed by atoms with Crippen LogP contribution in [0.1, 0.15) is 29.0 Å². The fourth-order valence-corrected chi connectivity index (χ4v) is 2.54. The summed E-state index contributed by atoms with van der Waals surface area (Å²) in [4.78, 5) is 4.34. The third kappa shape index (κ3) is 2.78. The van der Waals surface area contributed by atoms with Crippen LogP contribution in [0.15, 0.2) is 36.5 Å². The Morgan fingerprint density at radius 1 is 1.24 bits per heavy atom. The Kier molecular flexibility index (Phi) is 3.24. The highest BCUT2D eigenvalue weighted by molar-refractivity contribution is 5.64. The monoisotopic (exact) mass is 292 g/mol. The number of alkyl halides is 3. The summed E-state index contributed by atoms with van der Waals surface area (Å²) in [5.41, 5.74) is 8.15. The Bertz CT molecular complexity index is 679. The zero-order chi connectivity index (χ0) is 15.2. The lowest BCUT2D eigenvalue weighted by Crippen LogP contribution is -2.05. The van der Waals surface area contributed by atoms with E-state index in [1.54, 1.807) is 12.3 Å². The molecule has 0 bridgehead atoms. The highest BCUT2D eigenvalue weighted by Gasteiger charge is 2.35. The van der Waals surface area contributed by atoms with E-state index in [4.69, 9.17) is 5.73 Å². The Morgan fingerprint density at radius 3 is 2.52 bits per heavy atom. The number of halogens is 3. The van der Waals surface area contributed by atoms with Gasteiger partial charge in [-0.05, 0) is 36.6 Å².